The maximum Gasteiger partial charge on any atom is 0.330 e. The minimum absolute atomic E-state index is 0.00218. The predicted octanol–water partition coefficient (Wildman–Crippen LogP) is 3.86. The Morgan fingerprint density at radius 1 is 1.02 bits per heavy atom. The Morgan fingerprint density at radius 2 is 1.88 bits per heavy atom. The fourth-order valence-electron chi connectivity index (χ4n) is 8.77. The Morgan fingerprint density at radius 3 is 2.62 bits per heavy atom. The Bertz CT molecular complexity index is 1620. The standard InChI is InChI=1S/C31H40N6O5/c1-17(20-9-7-15-35(20)2)40-29-24-28(37(30(39)36(24)3)21-16-18-11-12-22(21)41-18)32-27(33-29)25-19-8-6-14-31(26(19)34-42-25)13-5-4-10-23(31)38/h17-18,20-22H,4-16H2,1-3H3/t17-,18?,20-,21-,22?,31+/m0/s1. The molecule has 3 aromatic heterocycles. The van der Waals surface area contributed by atoms with E-state index in [9.17, 15) is 9.59 Å². The van der Waals surface area contributed by atoms with Gasteiger partial charge in [-0.2, -0.15) is 4.98 Å². The van der Waals surface area contributed by atoms with Gasteiger partial charge in [0.2, 0.25) is 17.5 Å². The highest BCUT2D eigenvalue weighted by Crippen LogP contribution is 2.48. The van der Waals surface area contributed by atoms with Crippen molar-refractivity contribution in [1.82, 2.24) is 29.2 Å². The molecule has 0 aromatic carbocycles. The van der Waals surface area contributed by atoms with Crippen LogP contribution in [0.25, 0.3) is 22.7 Å². The lowest BCUT2D eigenvalue weighted by Gasteiger charge is -2.37. The summed E-state index contributed by atoms with van der Waals surface area (Å²) < 4.78 is 22.3. The van der Waals surface area contributed by atoms with Crippen molar-refractivity contribution in [3.05, 3.63) is 21.7 Å². The van der Waals surface area contributed by atoms with E-state index in [-0.39, 0.29) is 41.9 Å². The Hall–Kier alpha value is -3.05. The Kier molecular flexibility index (Phi) is 6.16. The lowest BCUT2D eigenvalue weighted by Crippen LogP contribution is -2.41. The predicted molar refractivity (Wildman–Crippen MR) is 154 cm³/mol. The second kappa shape index (κ2) is 9.74. The SMILES string of the molecule is C[C@H](Oc1nc(-c2onc3c2CCC[C@@]32CCCCC2=O)nc2c1n(C)c(=O)n2[C@H]1CC2CCC1O2)[C@@H]1CCCN1C. The van der Waals surface area contributed by atoms with Gasteiger partial charge in [0.15, 0.2) is 11.2 Å². The first kappa shape index (κ1) is 26.6. The van der Waals surface area contributed by atoms with Crippen molar-refractivity contribution in [2.45, 2.75) is 120 Å². The zero-order valence-electron chi connectivity index (χ0n) is 24.8. The number of likely N-dealkylation sites (N-methyl/N-ethyl adjacent to an activating group) is 1. The molecule has 8 rings (SSSR count). The molecule has 6 atom stereocenters. The summed E-state index contributed by atoms with van der Waals surface area (Å²) in [5.41, 5.74) is 2.13. The number of likely N-dealkylation sites (tertiary alicyclic amines) is 1. The molecule has 3 aromatic rings. The van der Waals surface area contributed by atoms with E-state index in [0.717, 1.165) is 88.4 Å². The normalized spacial score (nSPS) is 31.8. The molecule has 3 saturated heterocycles. The van der Waals surface area contributed by atoms with Crippen molar-refractivity contribution < 1.29 is 18.8 Å². The van der Waals surface area contributed by atoms with E-state index < -0.39 is 5.41 Å². The molecular weight excluding hydrogens is 536 g/mol. The summed E-state index contributed by atoms with van der Waals surface area (Å²) in [4.78, 5) is 39.4. The van der Waals surface area contributed by atoms with Crippen molar-refractivity contribution in [3.8, 4) is 17.5 Å². The number of hydrogen-bond donors (Lipinski definition) is 0. The third-order valence-corrected chi connectivity index (χ3v) is 11.0. The highest BCUT2D eigenvalue weighted by molar-refractivity contribution is 5.91. The molecule has 42 heavy (non-hydrogen) atoms. The quantitative estimate of drug-likeness (QED) is 0.446. The molecule has 11 heteroatoms. The van der Waals surface area contributed by atoms with Crippen LogP contribution < -0.4 is 10.4 Å². The number of aryl methyl sites for hydroxylation is 1. The van der Waals surface area contributed by atoms with Gasteiger partial charge in [-0.05, 0) is 84.7 Å². The van der Waals surface area contributed by atoms with Crippen LogP contribution in [-0.4, -0.2) is 72.9 Å². The molecule has 2 bridgehead atoms. The van der Waals surface area contributed by atoms with Crippen LogP contribution in [0, 0.1) is 0 Å². The van der Waals surface area contributed by atoms with E-state index in [1.807, 2.05) is 0 Å². The summed E-state index contributed by atoms with van der Waals surface area (Å²) in [6, 6.07) is 0.174. The molecule has 11 nitrogen and oxygen atoms in total. The maximum absolute atomic E-state index is 13.8. The van der Waals surface area contributed by atoms with Crippen LogP contribution in [0.5, 0.6) is 5.88 Å². The molecule has 4 fully saturated rings. The van der Waals surface area contributed by atoms with Crippen molar-refractivity contribution >= 4 is 16.9 Å². The third-order valence-electron chi connectivity index (χ3n) is 11.0. The van der Waals surface area contributed by atoms with Crippen LogP contribution in [0.2, 0.25) is 0 Å². The zero-order valence-corrected chi connectivity index (χ0v) is 24.8. The summed E-state index contributed by atoms with van der Waals surface area (Å²) in [5, 5.41) is 4.54. The van der Waals surface area contributed by atoms with E-state index >= 15 is 0 Å². The minimum Gasteiger partial charge on any atom is -0.471 e. The van der Waals surface area contributed by atoms with Gasteiger partial charge < -0.3 is 14.0 Å². The summed E-state index contributed by atoms with van der Waals surface area (Å²) in [5.74, 6) is 1.51. The Balaban J connectivity index is 1.29. The molecule has 1 saturated carbocycles. The topological polar surface area (TPSA) is 118 Å². The smallest absolute Gasteiger partial charge is 0.330 e. The molecule has 0 radical (unpaired) electrons. The number of fused-ring (bicyclic) bond motifs is 5. The number of ketones is 1. The molecule has 5 aliphatic rings. The Labute approximate surface area is 244 Å². The fourth-order valence-corrected chi connectivity index (χ4v) is 8.77. The highest BCUT2D eigenvalue weighted by atomic mass is 16.5. The zero-order chi connectivity index (χ0) is 28.7. The lowest BCUT2D eigenvalue weighted by molar-refractivity contribution is -0.127. The molecule has 2 unspecified atom stereocenters. The number of Topliss-reactive ketones (excluding diaryl/α,β-unsaturated/α-hetero) is 1. The van der Waals surface area contributed by atoms with Gasteiger partial charge >= 0.3 is 5.69 Å². The van der Waals surface area contributed by atoms with E-state index in [1.54, 1.807) is 16.2 Å². The van der Waals surface area contributed by atoms with Gasteiger partial charge in [-0.15, -0.1) is 0 Å². The summed E-state index contributed by atoms with van der Waals surface area (Å²) in [6.45, 7) is 3.11. The molecular formula is C31H40N6O5. The van der Waals surface area contributed by atoms with Crippen LogP contribution in [0.3, 0.4) is 0 Å². The van der Waals surface area contributed by atoms with Gasteiger partial charge in [-0.3, -0.25) is 18.8 Å². The van der Waals surface area contributed by atoms with E-state index in [4.69, 9.17) is 24.0 Å². The van der Waals surface area contributed by atoms with Crippen molar-refractivity contribution in [2.24, 2.45) is 7.05 Å². The maximum atomic E-state index is 13.8. The molecule has 6 heterocycles. The third kappa shape index (κ3) is 3.81. The minimum atomic E-state index is -0.562. The van der Waals surface area contributed by atoms with Crippen molar-refractivity contribution in [2.75, 3.05) is 13.6 Å². The highest BCUT2D eigenvalue weighted by Gasteiger charge is 2.48. The second-order valence-corrected chi connectivity index (χ2v) is 13.3. The summed E-state index contributed by atoms with van der Waals surface area (Å²) >= 11 is 0. The first-order valence-electron chi connectivity index (χ1n) is 15.9. The first-order chi connectivity index (χ1) is 20.4. The number of carbonyl (C=O) groups is 1. The lowest BCUT2D eigenvalue weighted by atomic mass is 9.64. The van der Waals surface area contributed by atoms with Crippen molar-refractivity contribution in [3.63, 3.8) is 0 Å². The van der Waals surface area contributed by atoms with Crippen LogP contribution >= 0.6 is 0 Å². The van der Waals surface area contributed by atoms with E-state index in [1.165, 1.54) is 0 Å². The molecule has 2 aliphatic carbocycles. The summed E-state index contributed by atoms with van der Waals surface area (Å²) in [7, 11) is 3.90. The number of nitrogens with zero attached hydrogens (tertiary/aromatic N) is 6. The number of ether oxygens (including phenoxy) is 2. The van der Waals surface area contributed by atoms with E-state index in [0.29, 0.717) is 35.0 Å². The average Bonchev–Trinajstić information content (AvgIpc) is 3.81. The van der Waals surface area contributed by atoms with Gasteiger partial charge in [-0.25, -0.2) is 9.78 Å². The number of rotatable bonds is 5. The molecule has 1 spiro atoms. The van der Waals surface area contributed by atoms with Gasteiger partial charge in [0.25, 0.3) is 0 Å². The summed E-state index contributed by atoms with van der Waals surface area (Å²) in [6.07, 6.45) is 10.8. The molecule has 224 valence electrons. The van der Waals surface area contributed by atoms with Gasteiger partial charge in [0.05, 0.1) is 23.7 Å². The number of hydrogen-bond acceptors (Lipinski definition) is 9. The van der Waals surface area contributed by atoms with Gasteiger partial charge in [0, 0.05) is 25.1 Å². The van der Waals surface area contributed by atoms with Gasteiger partial charge in [0.1, 0.15) is 17.6 Å². The molecule has 0 N–H and O–H groups in total. The molecule has 3 aliphatic heterocycles. The first-order valence-corrected chi connectivity index (χ1v) is 15.9. The van der Waals surface area contributed by atoms with Crippen LogP contribution in [-0.2, 0) is 28.4 Å². The van der Waals surface area contributed by atoms with E-state index in [2.05, 4.69) is 24.0 Å². The van der Waals surface area contributed by atoms with Crippen LogP contribution in [0.1, 0.15) is 94.9 Å². The number of carbonyl (C=O) groups excluding carboxylic acids is 1. The van der Waals surface area contributed by atoms with Crippen molar-refractivity contribution in [1.29, 1.82) is 0 Å². The van der Waals surface area contributed by atoms with Gasteiger partial charge in [-0.1, -0.05) is 11.6 Å². The number of aromatic nitrogens is 5. The fraction of sp³-hybridized carbons (Fsp3) is 0.710. The average molecular weight is 577 g/mol. The van der Waals surface area contributed by atoms with Crippen LogP contribution in [0.15, 0.2) is 9.32 Å². The largest absolute Gasteiger partial charge is 0.471 e. The van der Waals surface area contributed by atoms with Crippen LogP contribution in [0.4, 0.5) is 0 Å². The monoisotopic (exact) mass is 576 g/mol. The number of imidazole rings is 1. The molecule has 0 amide bonds. The second-order valence-electron chi connectivity index (χ2n) is 13.3.